The number of nitrogens with two attached hydrogens (primary N) is 1. The molecule has 8 heteroatoms. The predicted octanol–water partition coefficient (Wildman–Crippen LogP) is 1.76. The summed E-state index contributed by atoms with van der Waals surface area (Å²) in [6, 6.07) is 8.88. The van der Waals surface area contributed by atoms with Crippen LogP contribution in [0.2, 0.25) is 0 Å². The van der Waals surface area contributed by atoms with Crippen LogP contribution in [0.15, 0.2) is 24.3 Å². The molecule has 0 saturated heterocycles. The summed E-state index contributed by atoms with van der Waals surface area (Å²) >= 11 is 0. The van der Waals surface area contributed by atoms with Gasteiger partial charge in [-0.25, -0.2) is 4.98 Å². The molecule has 1 aromatic carbocycles. The van der Waals surface area contributed by atoms with Crippen molar-refractivity contribution in [3.05, 3.63) is 51.2 Å². The molecule has 0 aliphatic carbocycles. The molecule has 8 nitrogen and oxygen atoms in total. The van der Waals surface area contributed by atoms with E-state index in [9.17, 15) is 10.1 Å². The van der Waals surface area contributed by atoms with Crippen LogP contribution in [0, 0.1) is 28.4 Å². The summed E-state index contributed by atoms with van der Waals surface area (Å²) in [4.78, 5) is 18.2. The fourth-order valence-corrected chi connectivity index (χ4v) is 1.81. The van der Waals surface area contributed by atoms with E-state index in [1.54, 1.807) is 24.3 Å². The van der Waals surface area contributed by atoms with E-state index in [0.29, 0.717) is 12.1 Å². The zero-order chi connectivity index (χ0) is 15.4. The van der Waals surface area contributed by atoms with E-state index in [4.69, 9.17) is 11.0 Å². The lowest BCUT2D eigenvalue weighted by molar-refractivity contribution is -0.385. The van der Waals surface area contributed by atoms with Crippen molar-refractivity contribution in [3.63, 3.8) is 0 Å². The number of nitriles is 1. The number of nitrogen functional groups attached to an aromatic ring is 1. The van der Waals surface area contributed by atoms with Crippen molar-refractivity contribution in [2.45, 2.75) is 13.5 Å². The largest absolute Gasteiger partial charge is 0.368 e. The maximum Gasteiger partial charge on any atom is 0.332 e. The Kier molecular flexibility index (Phi) is 3.95. The molecule has 21 heavy (non-hydrogen) atoms. The number of benzene rings is 1. The highest BCUT2D eigenvalue weighted by atomic mass is 16.6. The molecule has 106 valence electrons. The number of nitrogens with one attached hydrogen (secondary N) is 1. The minimum absolute atomic E-state index is 0.0274. The van der Waals surface area contributed by atoms with Gasteiger partial charge >= 0.3 is 5.69 Å². The van der Waals surface area contributed by atoms with Crippen molar-refractivity contribution in [1.82, 2.24) is 9.97 Å². The lowest BCUT2D eigenvalue weighted by Crippen LogP contribution is -2.09. The quantitative estimate of drug-likeness (QED) is 0.645. The van der Waals surface area contributed by atoms with E-state index in [-0.39, 0.29) is 23.1 Å². The van der Waals surface area contributed by atoms with Crippen LogP contribution in [0.5, 0.6) is 0 Å². The first-order chi connectivity index (χ1) is 10.0. The molecule has 0 amide bonds. The van der Waals surface area contributed by atoms with Crippen LogP contribution in [-0.4, -0.2) is 14.9 Å². The molecule has 0 aliphatic heterocycles. The minimum Gasteiger partial charge on any atom is -0.368 e. The maximum absolute atomic E-state index is 11.1. The number of rotatable bonds is 4. The van der Waals surface area contributed by atoms with E-state index in [0.717, 1.165) is 5.56 Å². The molecular formula is C13H12N6O2. The summed E-state index contributed by atoms with van der Waals surface area (Å²) in [7, 11) is 0. The number of nitro groups is 1. The molecule has 0 spiro atoms. The summed E-state index contributed by atoms with van der Waals surface area (Å²) in [5.74, 6) is 0.0507. The van der Waals surface area contributed by atoms with Gasteiger partial charge in [0.2, 0.25) is 11.8 Å². The zero-order valence-corrected chi connectivity index (χ0v) is 11.2. The van der Waals surface area contributed by atoms with Crippen LogP contribution in [0.25, 0.3) is 0 Å². The number of hydrogen-bond acceptors (Lipinski definition) is 7. The topological polar surface area (TPSA) is 131 Å². The monoisotopic (exact) mass is 284 g/mol. The predicted molar refractivity (Wildman–Crippen MR) is 76.3 cm³/mol. The van der Waals surface area contributed by atoms with Gasteiger partial charge in [-0.05, 0) is 24.6 Å². The van der Waals surface area contributed by atoms with Gasteiger partial charge in [0.1, 0.15) is 5.69 Å². The fraction of sp³-hybridized carbons (Fsp3) is 0.154. The molecule has 0 saturated carbocycles. The molecule has 2 rings (SSSR count). The highest BCUT2D eigenvalue weighted by Gasteiger charge is 2.21. The minimum atomic E-state index is -0.546. The lowest BCUT2D eigenvalue weighted by Gasteiger charge is -2.08. The van der Waals surface area contributed by atoms with Crippen LogP contribution in [0.3, 0.4) is 0 Å². The van der Waals surface area contributed by atoms with Gasteiger partial charge in [-0.3, -0.25) is 10.1 Å². The normalized spacial score (nSPS) is 9.90. The molecule has 2 aromatic rings. The number of aromatic nitrogens is 2. The van der Waals surface area contributed by atoms with Gasteiger partial charge in [-0.15, -0.1) is 0 Å². The first-order valence-corrected chi connectivity index (χ1v) is 6.02. The SMILES string of the molecule is Cc1nc(N)nc(NCc2ccc(C#N)cc2)c1[N+](=O)[O-]. The molecule has 1 heterocycles. The van der Waals surface area contributed by atoms with Crippen molar-refractivity contribution in [3.8, 4) is 6.07 Å². The first-order valence-electron chi connectivity index (χ1n) is 6.02. The zero-order valence-electron chi connectivity index (χ0n) is 11.2. The average Bonchev–Trinajstić information content (AvgIpc) is 2.44. The third-order valence-electron chi connectivity index (χ3n) is 2.80. The number of hydrogen-bond donors (Lipinski definition) is 2. The van der Waals surface area contributed by atoms with Crippen LogP contribution < -0.4 is 11.1 Å². The average molecular weight is 284 g/mol. The van der Waals surface area contributed by atoms with Gasteiger partial charge in [0.05, 0.1) is 16.6 Å². The summed E-state index contributed by atoms with van der Waals surface area (Å²) in [5, 5.41) is 22.7. The van der Waals surface area contributed by atoms with Crippen LogP contribution >= 0.6 is 0 Å². The Hall–Kier alpha value is -3.21. The Morgan fingerprint density at radius 3 is 2.62 bits per heavy atom. The molecule has 3 N–H and O–H groups in total. The maximum atomic E-state index is 11.1. The fourth-order valence-electron chi connectivity index (χ4n) is 1.81. The molecule has 0 atom stereocenters. The van der Waals surface area contributed by atoms with Crippen molar-refractivity contribution in [2.24, 2.45) is 0 Å². The summed E-state index contributed by atoms with van der Waals surface area (Å²) in [6.45, 7) is 1.82. The molecule has 0 bridgehead atoms. The van der Waals surface area contributed by atoms with Gasteiger partial charge in [-0.1, -0.05) is 12.1 Å². The van der Waals surface area contributed by atoms with E-state index in [2.05, 4.69) is 15.3 Å². The van der Waals surface area contributed by atoms with Gasteiger partial charge < -0.3 is 11.1 Å². The highest BCUT2D eigenvalue weighted by Crippen LogP contribution is 2.26. The Balaban J connectivity index is 2.23. The third-order valence-corrected chi connectivity index (χ3v) is 2.80. The number of anilines is 2. The standard InChI is InChI=1S/C13H12N6O2/c1-8-11(19(20)21)12(18-13(15)17-8)16-7-10-4-2-9(6-14)3-5-10/h2-5H,7H2,1H3,(H3,15,16,17,18). The second-order valence-corrected chi connectivity index (χ2v) is 4.28. The second-order valence-electron chi connectivity index (χ2n) is 4.28. The highest BCUT2D eigenvalue weighted by molar-refractivity contribution is 5.60. The number of aryl methyl sites for hydroxylation is 1. The molecule has 0 radical (unpaired) electrons. The van der Waals surface area contributed by atoms with Crippen molar-refractivity contribution < 1.29 is 4.92 Å². The van der Waals surface area contributed by atoms with Gasteiger partial charge in [0.15, 0.2) is 0 Å². The Bertz CT molecular complexity index is 721. The first kappa shape index (κ1) is 14.2. The summed E-state index contributed by atoms with van der Waals surface area (Å²) < 4.78 is 0. The van der Waals surface area contributed by atoms with Crippen molar-refractivity contribution >= 4 is 17.5 Å². The van der Waals surface area contributed by atoms with Gasteiger partial charge in [0, 0.05) is 6.54 Å². The molecule has 0 fully saturated rings. The number of nitrogens with zero attached hydrogens (tertiary/aromatic N) is 4. The van der Waals surface area contributed by atoms with Crippen molar-refractivity contribution in [2.75, 3.05) is 11.1 Å². The molecular weight excluding hydrogens is 272 g/mol. The Morgan fingerprint density at radius 1 is 1.38 bits per heavy atom. The van der Waals surface area contributed by atoms with Crippen molar-refractivity contribution in [1.29, 1.82) is 5.26 Å². The van der Waals surface area contributed by atoms with Crippen LogP contribution in [0.1, 0.15) is 16.8 Å². The molecule has 1 aromatic heterocycles. The van der Waals surface area contributed by atoms with Crippen LogP contribution in [-0.2, 0) is 6.54 Å². The third kappa shape index (κ3) is 3.22. The second kappa shape index (κ2) is 5.83. The summed E-state index contributed by atoms with van der Waals surface area (Å²) in [5.41, 5.74) is 6.93. The molecule has 0 unspecified atom stereocenters. The van der Waals surface area contributed by atoms with E-state index in [1.165, 1.54) is 6.92 Å². The van der Waals surface area contributed by atoms with E-state index in [1.807, 2.05) is 6.07 Å². The Morgan fingerprint density at radius 2 is 2.05 bits per heavy atom. The van der Waals surface area contributed by atoms with Gasteiger partial charge in [-0.2, -0.15) is 10.2 Å². The molecule has 0 aliphatic rings. The van der Waals surface area contributed by atoms with E-state index < -0.39 is 4.92 Å². The summed E-state index contributed by atoms with van der Waals surface area (Å²) in [6.07, 6.45) is 0. The Labute approximate surface area is 120 Å². The van der Waals surface area contributed by atoms with Crippen LogP contribution in [0.4, 0.5) is 17.5 Å². The van der Waals surface area contributed by atoms with E-state index >= 15 is 0 Å². The smallest absolute Gasteiger partial charge is 0.332 e. The lowest BCUT2D eigenvalue weighted by atomic mass is 10.1. The van der Waals surface area contributed by atoms with Gasteiger partial charge in [0.25, 0.3) is 0 Å².